The van der Waals surface area contributed by atoms with Gasteiger partial charge in [0.15, 0.2) is 0 Å². The third-order valence-electron chi connectivity index (χ3n) is 5.67. The summed E-state index contributed by atoms with van der Waals surface area (Å²) in [6, 6.07) is 10.8. The number of carbonyl (C=O) groups is 2. The van der Waals surface area contributed by atoms with Crippen LogP contribution in [0.25, 0.3) is 0 Å². The van der Waals surface area contributed by atoms with Crippen LogP contribution in [0.4, 0.5) is 15.8 Å². The molecule has 2 aromatic carbocycles. The number of rotatable bonds is 8. The highest BCUT2D eigenvalue weighted by molar-refractivity contribution is 5.93. The topological polar surface area (TPSA) is 105 Å². The lowest BCUT2D eigenvalue weighted by atomic mass is 9.96. The molecule has 0 saturated carbocycles. The Morgan fingerprint density at radius 1 is 1.19 bits per heavy atom. The Labute approximate surface area is 185 Å². The van der Waals surface area contributed by atoms with Gasteiger partial charge in [-0.05, 0) is 62.5 Å². The van der Waals surface area contributed by atoms with Gasteiger partial charge in [0, 0.05) is 30.3 Å². The average Bonchev–Trinajstić information content (AvgIpc) is 2.76. The molecule has 2 aromatic rings. The van der Waals surface area contributed by atoms with E-state index >= 15 is 0 Å². The number of nitro groups is 1. The Hall–Kier alpha value is -3.33. The van der Waals surface area contributed by atoms with Crippen LogP contribution in [-0.4, -0.2) is 47.8 Å². The molecule has 0 bridgehead atoms. The fraction of sp³-hybridized carbons (Fsp3) is 0.391. The van der Waals surface area contributed by atoms with Gasteiger partial charge in [0.05, 0.1) is 11.5 Å². The van der Waals surface area contributed by atoms with Gasteiger partial charge in [0.1, 0.15) is 5.82 Å². The van der Waals surface area contributed by atoms with Crippen molar-refractivity contribution in [1.82, 2.24) is 10.2 Å². The number of nitrogens with one attached hydrogen (secondary N) is 2. The van der Waals surface area contributed by atoms with E-state index in [1.807, 2.05) is 4.90 Å². The van der Waals surface area contributed by atoms with Crippen molar-refractivity contribution >= 4 is 23.2 Å². The van der Waals surface area contributed by atoms with E-state index in [-0.39, 0.29) is 35.8 Å². The number of benzene rings is 2. The summed E-state index contributed by atoms with van der Waals surface area (Å²) in [6.45, 7) is 3.53. The van der Waals surface area contributed by atoms with E-state index in [4.69, 9.17) is 0 Å². The number of carbonyl (C=O) groups excluding carboxylic acids is 2. The average molecular weight is 442 g/mol. The van der Waals surface area contributed by atoms with Gasteiger partial charge >= 0.3 is 0 Å². The van der Waals surface area contributed by atoms with E-state index in [0.717, 1.165) is 0 Å². The summed E-state index contributed by atoms with van der Waals surface area (Å²) < 4.78 is 13.6. The van der Waals surface area contributed by atoms with E-state index in [2.05, 4.69) is 10.6 Å². The number of aryl methyl sites for hydroxylation is 1. The number of hydrogen-bond donors (Lipinski definition) is 2. The molecule has 1 aliphatic heterocycles. The molecule has 2 amide bonds. The van der Waals surface area contributed by atoms with Gasteiger partial charge in [0.25, 0.3) is 5.69 Å². The summed E-state index contributed by atoms with van der Waals surface area (Å²) in [6.07, 6.45) is 1.74. The van der Waals surface area contributed by atoms with Crippen LogP contribution in [0.2, 0.25) is 0 Å². The summed E-state index contributed by atoms with van der Waals surface area (Å²) in [5.74, 6) is -0.620. The fourth-order valence-electron chi connectivity index (χ4n) is 3.81. The molecule has 3 rings (SSSR count). The van der Waals surface area contributed by atoms with E-state index in [1.54, 1.807) is 25.1 Å². The number of anilines is 1. The molecule has 9 heteroatoms. The lowest BCUT2D eigenvalue weighted by Crippen LogP contribution is -2.43. The number of piperidine rings is 1. The molecule has 0 aliphatic carbocycles. The second-order valence-corrected chi connectivity index (χ2v) is 7.99. The molecule has 1 saturated heterocycles. The Bertz CT molecular complexity index is 990. The zero-order valence-electron chi connectivity index (χ0n) is 18.0. The molecule has 0 aromatic heterocycles. The van der Waals surface area contributed by atoms with Gasteiger partial charge in [-0.1, -0.05) is 18.2 Å². The SMILES string of the molecule is Cc1cc([N+](=O)[O-])ccc1NC(=O)CN1CCC(C(=O)NCCc2ccccc2F)CC1. The van der Waals surface area contributed by atoms with Crippen molar-refractivity contribution in [2.24, 2.45) is 5.92 Å². The molecule has 0 radical (unpaired) electrons. The first-order valence-corrected chi connectivity index (χ1v) is 10.6. The van der Waals surface area contributed by atoms with E-state index in [1.165, 1.54) is 24.3 Å². The molecule has 0 spiro atoms. The Morgan fingerprint density at radius 2 is 1.91 bits per heavy atom. The molecule has 1 aliphatic rings. The minimum Gasteiger partial charge on any atom is -0.356 e. The molecule has 1 fully saturated rings. The monoisotopic (exact) mass is 442 g/mol. The highest BCUT2D eigenvalue weighted by atomic mass is 19.1. The fourth-order valence-corrected chi connectivity index (χ4v) is 3.81. The molecule has 1 heterocycles. The summed E-state index contributed by atoms with van der Waals surface area (Å²) in [4.78, 5) is 37.1. The molecule has 8 nitrogen and oxygen atoms in total. The first-order chi connectivity index (χ1) is 15.3. The maximum atomic E-state index is 13.6. The van der Waals surface area contributed by atoms with Crippen LogP contribution in [-0.2, 0) is 16.0 Å². The smallest absolute Gasteiger partial charge is 0.269 e. The minimum atomic E-state index is -0.473. The maximum Gasteiger partial charge on any atom is 0.269 e. The number of halogens is 1. The lowest BCUT2D eigenvalue weighted by Gasteiger charge is -2.30. The molecule has 2 N–H and O–H groups in total. The number of likely N-dealkylation sites (tertiary alicyclic amines) is 1. The summed E-state index contributed by atoms with van der Waals surface area (Å²) in [5.41, 5.74) is 1.73. The van der Waals surface area contributed by atoms with Crippen LogP contribution in [0.15, 0.2) is 42.5 Å². The number of nitrogens with zero attached hydrogens (tertiary/aromatic N) is 2. The minimum absolute atomic E-state index is 0.0187. The van der Waals surface area contributed by atoms with Crippen molar-refractivity contribution in [3.05, 3.63) is 69.5 Å². The van der Waals surface area contributed by atoms with Gasteiger partial charge in [0.2, 0.25) is 11.8 Å². The van der Waals surface area contributed by atoms with Gasteiger partial charge in [-0.3, -0.25) is 24.6 Å². The number of nitro benzene ring substituents is 1. The molecule has 32 heavy (non-hydrogen) atoms. The second kappa shape index (κ2) is 10.8. The Balaban J connectivity index is 1.39. The Morgan fingerprint density at radius 3 is 2.56 bits per heavy atom. The maximum absolute atomic E-state index is 13.6. The van der Waals surface area contributed by atoms with Crippen LogP contribution >= 0.6 is 0 Å². The van der Waals surface area contributed by atoms with Crippen molar-refractivity contribution in [2.45, 2.75) is 26.2 Å². The second-order valence-electron chi connectivity index (χ2n) is 7.99. The molecular weight excluding hydrogens is 415 g/mol. The van der Waals surface area contributed by atoms with Crippen molar-refractivity contribution in [3.8, 4) is 0 Å². The normalized spacial score (nSPS) is 14.7. The first kappa shape index (κ1) is 23.3. The number of non-ortho nitro benzene ring substituents is 1. The van der Waals surface area contributed by atoms with Crippen LogP contribution < -0.4 is 10.6 Å². The van der Waals surface area contributed by atoms with Crippen LogP contribution in [0.5, 0.6) is 0 Å². The third-order valence-corrected chi connectivity index (χ3v) is 5.67. The zero-order chi connectivity index (χ0) is 23.1. The van der Waals surface area contributed by atoms with Gasteiger partial charge < -0.3 is 10.6 Å². The third kappa shape index (κ3) is 6.34. The molecular formula is C23H27FN4O4. The van der Waals surface area contributed by atoms with Crippen molar-refractivity contribution in [2.75, 3.05) is 31.5 Å². The van der Waals surface area contributed by atoms with Crippen molar-refractivity contribution in [1.29, 1.82) is 0 Å². The number of hydrogen-bond acceptors (Lipinski definition) is 5. The standard InChI is InChI=1S/C23H27FN4O4/c1-16-14-19(28(31)32)6-7-21(16)26-22(29)15-27-12-9-18(10-13-27)23(30)25-11-8-17-4-2-3-5-20(17)24/h2-7,14,18H,8-13,15H2,1H3,(H,25,30)(H,26,29). The largest absolute Gasteiger partial charge is 0.356 e. The molecule has 0 atom stereocenters. The van der Waals surface area contributed by atoms with Crippen molar-refractivity contribution < 1.29 is 18.9 Å². The summed E-state index contributed by atoms with van der Waals surface area (Å²) in [7, 11) is 0. The van der Waals surface area contributed by atoms with Crippen LogP contribution in [0.3, 0.4) is 0 Å². The van der Waals surface area contributed by atoms with E-state index < -0.39 is 4.92 Å². The zero-order valence-corrected chi connectivity index (χ0v) is 18.0. The van der Waals surface area contributed by atoms with E-state index in [0.29, 0.717) is 55.7 Å². The first-order valence-electron chi connectivity index (χ1n) is 10.6. The highest BCUT2D eigenvalue weighted by Gasteiger charge is 2.26. The quantitative estimate of drug-likeness (QED) is 0.483. The van der Waals surface area contributed by atoms with Crippen molar-refractivity contribution in [3.63, 3.8) is 0 Å². The van der Waals surface area contributed by atoms with Gasteiger partial charge in [-0.15, -0.1) is 0 Å². The van der Waals surface area contributed by atoms with Crippen LogP contribution in [0.1, 0.15) is 24.0 Å². The van der Waals surface area contributed by atoms with E-state index in [9.17, 15) is 24.1 Å². The Kier molecular flexibility index (Phi) is 7.88. The molecule has 0 unspecified atom stereocenters. The van der Waals surface area contributed by atoms with Gasteiger partial charge in [-0.2, -0.15) is 0 Å². The molecule has 170 valence electrons. The highest BCUT2D eigenvalue weighted by Crippen LogP contribution is 2.22. The lowest BCUT2D eigenvalue weighted by molar-refractivity contribution is -0.384. The summed E-state index contributed by atoms with van der Waals surface area (Å²) >= 11 is 0. The predicted octanol–water partition coefficient (Wildman–Crippen LogP) is 3.05. The van der Waals surface area contributed by atoms with Crippen LogP contribution in [0, 0.1) is 28.8 Å². The predicted molar refractivity (Wildman–Crippen MR) is 119 cm³/mol. The summed E-state index contributed by atoms with van der Waals surface area (Å²) in [5, 5.41) is 16.5. The van der Waals surface area contributed by atoms with Gasteiger partial charge in [-0.25, -0.2) is 4.39 Å². The number of amides is 2.